The van der Waals surface area contributed by atoms with Crippen LogP contribution in [0.2, 0.25) is 0 Å². The molecule has 0 aliphatic heterocycles. The molecule has 0 radical (unpaired) electrons. The number of Topliss-reactive ketones (excluding diaryl/α,β-unsaturated/α-hetero) is 1. The van der Waals surface area contributed by atoms with Crippen LogP contribution in [0.15, 0.2) is 24.3 Å². The highest BCUT2D eigenvalue weighted by molar-refractivity contribution is 6.44. The second-order valence-electron chi connectivity index (χ2n) is 6.26. The Hall–Kier alpha value is -3.00. The number of hydrogen-bond donors (Lipinski definition) is 2. The van der Waals surface area contributed by atoms with Gasteiger partial charge in [-0.25, -0.2) is 9.18 Å². The fourth-order valence-corrected chi connectivity index (χ4v) is 2.85. The molecular formula is C20H23FN2O5. The van der Waals surface area contributed by atoms with Gasteiger partial charge in [-0.05, 0) is 38.5 Å². The largest absolute Gasteiger partial charge is 0.462 e. The van der Waals surface area contributed by atoms with Gasteiger partial charge >= 0.3 is 5.97 Å². The molecule has 1 aromatic carbocycles. The van der Waals surface area contributed by atoms with E-state index in [4.69, 9.17) is 9.47 Å². The molecule has 0 spiro atoms. The number of benzene rings is 1. The summed E-state index contributed by atoms with van der Waals surface area (Å²) in [4.78, 5) is 40.4. The summed E-state index contributed by atoms with van der Waals surface area (Å²) < 4.78 is 23.4. The first-order valence-corrected chi connectivity index (χ1v) is 8.79. The van der Waals surface area contributed by atoms with Crippen LogP contribution in [0.1, 0.15) is 40.4 Å². The van der Waals surface area contributed by atoms with Crippen LogP contribution < -0.4 is 5.32 Å². The Kier molecular flexibility index (Phi) is 7.06. The van der Waals surface area contributed by atoms with Gasteiger partial charge in [0.05, 0.1) is 18.8 Å². The van der Waals surface area contributed by atoms with Gasteiger partial charge in [0.2, 0.25) is 0 Å². The Labute approximate surface area is 162 Å². The number of ketones is 1. The minimum absolute atomic E-state index is 0.0609. The summed E-state index contributed by atoms with van der Waals surface area (Å²) in [6, 6.07) is 4.91. The van der Waals surface area contributed by atoms with Crippen LogP contribution in [0, 0.1) is 12.7 Å². The fraction of sp³-hybridized carbons (Fsp3) is 0.350. The van der Waals surface area contributed by atoms with Crippen LogP contribution in [0.3, 0.4) is 0 Å². The Balaban J connectivity index is 2.53. The van der Waals surface area contributed by atoms with Crippen LogP contribution in [0.5, 0.6) is 0 Å². The van der Waals surface area contributed by atoms with Gasteiger partial charge in [-0.2, -0.15) is 0 Å². The molecule has 150 valence electrons. The maximum absolute atomic E-state index is 13.3. The van der Waals surface area contributed by atoms with Gasteiger partial charge in [0.1, 0.15) is 11.5 Å². The van der Waals surface area contributed by atoms with Crippen molar-refractivity contribution in [1.82, 2.24) is 10.3 Å². The summed E-state index contributed by atoms with van der Waals surface area (Å²) in [7, 11) is 1.48. The molecule has 28 heavy (non-hydrogen) atoms. The molecule has 1 aromatic heterocycles. The van der Waals surface area contributed by atoms with Crippen LogP contribution >= 0.6 is 0 Å². The van der Waals surface area contributed by atoms with Crippen molar-refractivity contribution in [3.8, 4) is 11.1 Å². The maximum Gasteiger partial charge on any atom is 0.340 e. The molecule has 1 amide bonds. The van der Waals surface area contributed by atoms with E-state index in [1.54, 1.807) is 20.8 Å². The number of halogens is 1. The maximum atomic E-state index is 13.3. The summed E-state index contributed by atoms with van der Waals surface area (Å²) >= 11 is 0. The minimum atomic E-state index is -0.846. The molecule has 2 aromatic rings. The molecule has 7 nitrogen and oxygen atoms in total. The van der Waals surface area contributed by atoms with Gasteiger partial charge in [0.25, 0.3) is 11.7 Å². The number of hydrogen-bond acceptors (Lipinski definition) is 5. The molecule has 0 unspecified atom stereocenters. The topological polar surface area (TPSA) is 97.5 Å². The van der Waals surface area contributed by atoms with Gasteiger partial charge in [-0.1, -0.05) is 12.1 Å². The lowest BCUT2D eigenvalue weighted by Crippen LogP contribution is -2.40. The SMILES string of the molecule is CCOC(=O)c1c(C)[nH]c(C(=O)C(=O)N[C@@H](C)COC)c1-c1ccc(F)cc1. The minimum Gasteiger partial charge on any atom is -0.462 e. The lowest BCUT2D eigenvalue weighted by Gasteiger charge is -2.12. The standard InChI is InChI=1S/C20H23FN2O5/c1-5-28-20(26)15-12(3)23-17(16(15)13-6-8-14(21)9-7-13)18(24)19(25)22-11(2)10-27-4/h6-9,11,23H,5,10H2,1-4H3,(H,22,25)/t11-/m0/s1. The zero-order chi connectivity index (χ0) is 20.8. The van der Waals surface area contributed by atoms with E-state index in [-0.39, 0.29) is 36.1 Å². The van der Waals surface area contributed by atoms with E-state index in [1.807, 2.05) is 0 Å². The molecule has 2 rings (SSSR count). The molecule has 0 aliphatic carbocycles. The van der Waals surface area contributed by atoms with Gasteiger partial charge in [-0.3, -0.25) is 9.59 Å². The normalized spacial score (nSPS) is 11.8. The Bertz CT molecular complexity index is 873. The molecule has 1 heterocycles. The van der Waals surface area contributed by atoms with Crippen molar-refractivity contribution in [2.24, 2.45) is 0 Å². The van der Waals surface area contributed by atoms with Crippen molar-refractivity contribution >= 4 is 17.7 Å². The molecular weight excluding hydrogens is 367 g/mol. The number of carbonyl (C=O) groups is 3. The zero-order valence-corrected chi connectivity index (χ0v) is 16.2. The Morgan fingerprint density at radius 3 is 2.43 bits per heavy atom. The van der Waals surface area contributed by atoms with E-state index < -0.39 is 23.5 Å². The van der Waals surface area contributed by atoms with Crippen LogP contribution in [-0.2, 0) is 14.3 Å². The quantitative estimate of drug-likeness (QED) is 0.410. The second-order valence-corrected chi connectivity index (χ2v) is 6.26. The third-order valence-electron chi connectivity index (χ3n) is 4.03. The monoisotopic (exact) mass is 390 g/mol. The Morgan fingerprint density at radius 1 is 1.21 bits per heavy atom. The van der Waals surface area contributed by atoms with Crippen LogP contribution in [0.25, 0.3) is 11.1 Å². The summed E-state index contributed by atoms with van der Waals surface area (Å²) in [6.07, 6.45) is 0. The van der Waals surface area contributed by atoms with Gasteiger partial charge in [-0.15, -0.1) is 0 Å². The third-order valence-corrected chi connectivity index (χ3v) is 4.03. The highest BCUT2D eigenvalue weighted by atomic mass is 19.1. The molecule has 2 N–H and O–H groups in total. The number of rotatable bonds is 8. The summed E-state index contributed by atoms with van der Waals surface area (Å²) in [5.41, 5.74) is 1.06. The van der Waals surface area contributed by atoms with Crippen molar-refractivity contribution < 1.29 is 28.2 Å². The molecule has 0 aliphatic rings. The average Bonchev–Trinajstić information content (AvgIpc) is 2.99. The highest BCUT2D eigenvalue weighted by Gasteiger charge is 2.30. The smallest absolute Gasteiger partial charge is 0.340 e. The number of nitrogens with one attached hydrogen (secondary N) is 2. The number of methoxy groups -OCH3 is 1. The predicted molar refractivity (Wildman–Crippen MR) is 101 cm³/mol. The fourth-order valence-electron chi connectivity index (χ4n) is 2.85. The van der Waals surface area contributed by atoms with Crippen molar-refractivity contribution in [3.05, 3.63) is 47.0 Å². The van der Waals surface area contributed by atoms with E-state index >= 15 is 0 Å². The number of amides is 1. The van der Waals surface area contributed by atoms with Crippen molar-refractivity contribution in [2.45, 2.75) is 26.8 Å². The van der Waals surface area contributed by atoms with Crippen molar-refractivity contribution in [3.63, 3.8) is 0 Å². The number of ether oxygens (including phenoxy) is 2. The number of aryl methyl sites for hydroxylation is 1. The number of esters is 1. The van der Waals surface area contributed by atoms with Gasteiger partial charge in [0.15, 0.2) is 0 Å². The molecule has 8 heteroatoms. The first kappa shape index (κ1) is 21.3. The van der Waals surface area contributed by atoms with Gasteiger partial charge in [0, 0.05) is 24.4 Å². The van der Waals surface area contributed by atoms with Crippen LogP contribution in [-0.4, -0.2) is 49.0 Å². The molecule has 0 bridgehead atoms. The second kappa shape index (κ2) is 9.27. The van der Waals surface area contributed by atoms with E-state index in [0.717, 1.165) is 0 Å². The van der Waals surface area contributed by atoms with E-state index in [2.05, 4.69) is 10.3 Å². The Morgan fingerprint density at radius 2 is 1.86 bits per heavy atom. The van der Waals surface area contributed by atoms with Crippen molar-refractivity contribution in [1.29, 1.82) is 0 Å². The molecule has 0 fully saturated rings. The number of carbonyl (C=O) groups excluding carboxylic acids is 3. The lowest BCUT2D eigenvalue weighted by atomic mass is 9.98. The first-order chi connectivity index (χ1) is 13.3. The molecule has 0 saturated heterocycles. The number of aromatic nitrogens is 1. The highest BCUT2D eigenvalue weighted by Crippen LogP contribution is 2.31. The molecule has 0 saturated carbocycles. The lowest BCUT2D eigenvalue weighted by molar-refractivity contribution is -0.117. The van der Waals surface area contributed by atoms with Crippen LogP contribution in [0.4, 0.5) is 4.39 Å². The first-order valence-electron chi connectivity index (χ1n) is 8.79. The number of aromatic amines is 1. The zero-order valence-electron chi connectivity index (χ0n) is 16.2. The predicted octanol–water partition coefficient (Wildman–Crippen LogP) is 2.64. The van der Waals surface area contributed by atoms with Gasteiger partial charge < -0.3 is 19.8 Å². The number of H-pyrrole nitrogens is 1. The summed E-state index contributed by atoms with van der Waals surface area (Å²) in [5.74, 6) is -2.79. The summed E-state index contributed by atoms with van der Waals surface area (Å²) in [6.45, 7) is 5.33. The van der Waals surface area contributed by atoms with E-state index in [1.165, 1.54) is 31.4 Å². The average molecular weight is 390 g/mol. The van der Waals surface area contributed by atoms with E-state index in [9.17, 15) is 18.8 Å². The van der Waals surface area contributed by atoms with Crippen molar-refractivity contribution in [2.75, 3.05) is 20.3 Å². The van der Waals surface area contributed by atoms with E-state index in [0.29, 0.717) is 11.3 Å². The summed E-state index contributed by atoms with van der Waals surface area (Å²) in [5, 5.41) is 2.54. The molecule has 1 atom stereocenters. The third kappa shape index (κ3) is 4.64.